The third kappa shape index (κ3) is 2.34. The zero-order valence-corrected chi connectivity index (χ0v) is 12.1. The SMILES string of the molecule is COc1cc(F)c(F)c(-c2ccc3ccccc3c2C=O)c1F. The van der Waals surface area contributed by atoms with Crippen LogP contribution in [0.25, 0.3) is 21.9 Å². The summed E-state index contributed by atoms with van der Waals surface area (Å²) >= 11 is 0. The maximum Gasteiger partial charge on any atom is 0.176 e. The zero-order chi connectivity index (χ0) is 16.6. The van der Waals surface area contributed by atoms with E-state index in [-0.39, 0.29) is 11.1 Å². The first-order chi connectivity index (χ1) is 11.1. The number of benzene rings is 3. The van der Waals surface area contributed by atoms with Crippen molar-refractivity contribution in [3.8, 4) is 16.9 Å². The van der Waals surface area contributed by atoms with Gasteiger partial charge in [-0.05, 0) is 16.3 Å². The maximum absolute atomic E-state index is 14.5. The Bertz CT molecular complexity index is 920. The molecular formula is C18H11F3O2. The van der Waals surface area contributed by atoms with Crippen LogP contribution in [0.5, 0.6) is 5.75 Å². The fraction of sp³-hybridized carbons (Fsp3) is 0.0556. The van der Waals surface area contributed by atoms with E-state index < -0.39 is 28.8 Å². The van der Waals surface area contributed by atoms with E-state index >= 15 is 0 Å². The van der Waals surface area contributed by atoms with Gasteiger partial charge >= 0.3 is 0 Å². The number of ether oxygens (including phenoxy) is 1. The van der Waals surface area contributed by atoms with E-state index in [0.717, 1.165) is 12.5 Å². The van der Waals surface area contributed by atoms with E-state index in [1.807, 2.05) is 0 Å². The van der Waals surface area contributed by atoms with Gasteiger partial charge in [-0.2, -0.15) is 0 Å². The molecule has 0 fully saturated rings. The van der Waals surface area contributed by atoms with Crippen molar-refractivity contribution in [2.75, 3.05) is 7.11 Å². The van der Waals surface area contributed by atoms with Crippen molar-refractivity contribution in [1.29, 1.82) is 0 Å². The van der Waals surface area contributed by atoms with Gasteiger partial charge in [-0.3, -0.25) is 4.79 Å². The van der Waals surface area contributed by atoms with Gasteiger partial charge in [0.15, 0.2) is 29.5 Å². The minimum absolute atomic E-state index is 0.0218. The number of methoxy groups -OCH3 is 1. The molecule has 0 amide bonds. The molecule has 23 heavy (non-hydrogen) atoms. The highest BCUT2D eigenvalue weighted by molar-refractivity contribution is 6.04. The molecule has 0 aliphatic rings. The molecule has 0 saturated carbocycles. The Hall–Kier alpha value is -2.82. The lowest BCUT2D eigenvalue weighted by atomic mass is 9.94. The first kappa shape index (κ1) is 15.1. The molecule has 0 spiro atoms. The average Bonchev–Trinajstić information content (AvgIpc) is 2.58. The van der Waals surface area contributed by atoms with Crippen molar-refractivity contribution in [2.45, 2.75) is 0 Å². The van der Waals surface area contributed by atoms with E-state index in [1.54, 1.807) is 30.3 Å². The first-order valence-corrected chi connectivity index (χ1v) is 6.77. The number of aldehydes is 1. The van der Waals surface area contributed by atoms with Crippen LogP contribution >= 0.6 is 0 Å². The third-order valence-corrected chi connectivity index (χ3v) is 3.70. The first-order valence-electron chi connectivity index (χ1n) is 6.77. The molecule has 5 heteroatoms. The van der Waals surface area contributed by atoms with Gasteiger partial charge in [0.25, 0.3) is 0 Å². The topological polar surface area (TPSA) is 26.3 Å². The predicted molar refractivity (Wildman–Crippen MR) is 81.2 cm³/mol. The summed E-state index contributed by atoms with van der Waals surface area (Å²) in [4.78, 5) is 11.5. The Morgan fingerprint density at radius 1 is 1.00 bits per heavy atom. The molecule has 3 rings (SSSR count). The summed E-state index contributed by atoms with van der Waals surface area (Å²) in [6.45, 7) is 0. The minimum atomic E-state index is -1.36. The van der Waals surface area contributed by atoms with Crippen molar-refractivity contribution in [3.05, 3.63) is 65.5 Å². The summed E-state index contributed by atoms with van der Waals surface area (Å²) in [5.41, 5.74) is -0.547. The number of carbonyl (C=O) groups is 1. The molecular weight excluding hydrogens is 305 g/mol. The molecule has 0 N–H and O–H groups in total. The maximum atomic E-state index is 14.5. The van der Waals surface area contributed by atoms with Gasteiger partial charge in [-0.15, -0.1) is 0 Å². The molecule has 3 aromatic carbocycles. The molecule has 3 aromatic rings. The van der Waals surface area contributed by atoms with Crippen LogP contribution in [0, 0.1) is 17.5 Å². The Labute approximate surface area is 130 Å². The van der Waals surface area contributed by atoms with Gasteiger partial charge in [0.2, 0.25) is 0 Å². The highest BCUT2D eigenvalue weighted by Crippen LogP contribution is 2.37. The number of fused-ring (bicyclic) bond motifs is 1. The molecule has 0 unspecified atom stereocenters. The Morgan fingerprint density at radius 3 is 2.43 bits per heavy atom. The Morgan fingerprint density at radius 2 is 1.74 bits per heavy atom. The van der Waals surface area contributed by atoms with E-state index in [0.29, 0.717) is 17.7 Å². The largest absolute Gasteiger partial charge is 0.494 e. The summed E-state index contributed by atoms with van der Waals surface area (Å²) < 4.78 is 47.1. The number of carbonyl (C=O) groups excluding carboxylic acids is 1. The smallest absolute Gasteiger partial charge is 0.176 e. The van der Waals surface area contributed by atoms with Crippen LogP contribution in [0.15, 0.2) is 42.5 Å². The Kier molecular flexibility index (Phi) is 3.78. The van der Waals surface area contributed by atoms with Gasteiger partial charge < -0.3 is 4.74 Å². The fourth-order valence-electron chi connectivity index (χ4n) is 2.61. The molecule has 0 aliphatic heterocycles. The van der Waals surface area contributed by atoms with Crippen molar-refractivity contribution in [1.82, 2.24) is 0 Å². The molecule has 0 radical (unpaired) electrons. The highest BCUT2D eigenvalue weighted by Gasteiger charge is 2.23. The summed E-state index contributed by atoms with van der Waals surface area (Å²) in [6, 6.07) is 10.6. The zero-order valence-electron chi connectivity index (χ0n) is 12.1. The number of hydrogen-bond donors (Lipinski definition) is 0. The molecule has 2 nitrogen and oxygen atoms in total. The normalized spacial score (nSPS) is 10.8. The second-order valence-corrected chi connectivity index (χ2v) is 4.93. The molecule has 116 valence electrons. The standard InChI is InChI=1S/C18H11F3O2/c1-23-15-8-14(19)17(20)16(18(15)21)12-7-6-10-4-2-3-5-11(10)13(12)9-22/h2-9H,1H3. The van der Waals surface area contributed by atoms with Crippen LogP contribution in [0.1, 0.15) is 10.4 Å². The minimum Gasteiger partial charge on any atom is -0.494 e. The third-order valence-electron chi connectivity index (χ3n) is 3.70. The molecule has 0 bridgehead atoms. The Balaban J connectivity index is 2.42. The summed E-state index contributed by atoms with van der Waals surface area (Å²) in [6.07, 6.45) is 0.508. The van der Waals surface area contributed by atoms with Crippen molar-refractivity contribution < 1.29 is 22.7 Å². The quantitative estimate of drug-likeness (QED) is 0.515. The van der Waals surface area contributed by atoms with Crippen LogP contribution in [-0.2, 0) is 0 Å². The average molecular weight is 316 g/mol. The van der Waals surface area contributed by atoms with Crippen LogP contribution < -0.4 is 4.74 Å². The number of halogens is 3. The van der Waals surface area contributed by atoms with E-state index in [1.165, 1.54) is 6.07 Å². The lowest BCUT2D eigenvalue weighted by Crippen LogP contribution is -2.01. The second kappa shape index (κ2) is 5.76. The monoisotopic (exact) mass is 316 g/mol. The summed E-state index contributed by atoms with van der Waals surface area (Å²) in [7, 11) is 1.15. The van der Waals surface area contributed by atoms with Gasteiger partial charge in [-0.25, -0.2) is 13.2 Å². The summed E-state index contributed by atoms with van der Waals surface area (Å²) in [5, 5.41) is 1.27. The fourth-order valence-corrected chi connectivity index (χ4v) is 2.61. The van der Waals surface area contributed by atoms with E-state index in [4.69, 9.17) is 4.74 Å². The lowest BCUT2D eigenvalue weighted by Gasteiger charge is -2.13. The van der Waals surface area contributed by atoms with Crippen LogP contribution in [0.2, 0.25) is 0 Å². The van der Waals surface area contributed by atoms with Crippen molar-refractivity contribution in [3.63, 3.8) is 0 Å². The molecule has 0 heterocycles. The number of rotatable bonds is 3. The van der Waals surface area contributed by atoms with Crippen LogP contribution in [-0.4, -0.2) is 13.4 Å². The van der Waals surface area contributed by atoms with Crippen LogP contribution in [0.4, 0.5) is 13.2 Å². The predicted octanol–water partition coefficient (Wildman–Crippen LogP) is 4.75. The molecule has 0 aromatic heterocycles. The molecule has 0 aliphatic carbocycles. The molecule has 0 atom stereocenters. The van der Waals surface area contributed by atoms with Gasteiger partial charge in [0, 0.05) is 11.6 Å². The summed E-state index contributed by atoms with van der Waals surface area (Å²) in [5.74, 6) is -4.08. The van der Waals surface area contributed by atoms with Crippen molar-refractivity contribution >= 4 is 17.1 Å². The second-order valence-electron chi connectivity index (χ2n) is 4.93. The van der Waals surface area contributed by atoms with Gasteiger partial charge in [0.1, 0.15) is 0 Å². The van der Waals surface area contributed by atoms with Gasteiger partial charge in [0.05, 0.1) is 12.7 Å². The van der Waals surface area contributed by atoms with Gasteiger partial charge in [-0.1, -0.05) is 36.4 Å². The van der Waals surface area contributed by atoms with Crippen LogP contribution in [0.3, 0.4) is 0 Å². The highest BCUT2D eigenvalue weighted by atomic mass is 19.2. The number of hydrogen-bond acceptors (Lipinski definition) is 2. The van der Waals surface area contributed by atoms with E-state index in [9.17, 15) is 18.0 Å². The lowest BCUT2D eigenvalue weighted by molar-refractivity contribution is 0.112. The van der Waals surface area contributed by atoms with Crippen molar-refractivity contribution in [2.24, 2.45) is 0 Å². The van der Waals surface area contributed by atoms with E-state index in [2.05, 4.69) is 0 Å². The molecule has 0 saturated heterocycles.